The molecule has 0 aliphatic heterocycles. The molecule has 0 unspecified atom stereocenters. The van der Waals surface area contributed by atoms with E-state index in [0.29, 0.717) is 11.4 Å². The van der Waals surface area contributed by atoms with E-state index in [4.69, 9.17) is 5.26 Å². The maximum Gasteiger partial charge on any atom is 0.144 e. The lowest BCUT2D eigenvalue weighted by atomic mass is 10.1. The number of aromatic nitrogens is 1. The maximum absolute atomic E-state index is 9.01. The summed E-state index contributed by atoms with van der Waals surface area (Å²) in [6, 6.07) is 13.7. The fourth-order valence-corrected chi connectivity index (χ4v) is 2.06. The van der Waals surface area contributed by atoms with Gasteiger partial charge in [0.15, 0.2) is 0 Å². The van der Waals surface area contributed by atoms with Crippen molar-refractivity contribution in [1.29, 1.82) is 5.26 Å². The van der Waals surface area contributed by atoms with Gasteiger partial charge in [-0.15, -0.1) is 0 Å². The summed E-state index contributed by atoms with van der Waals surface area (Å²) in [7, 11) is 0. The Morgan fingerprint density at radius 1 is 1.33 bits per heavy atom. The fourth-order valence-electron chi connectivity index (χ4n) is 1.66. The Hall–Kier alpha value is -1.86. The van der Waals surface area contributed by atoms with Crippen molar-refractivity contribution in [1.82, 2.24) is 4.98 Å². The van der Waals surface area contributed by atoms with Crippen LogP contribution in [-0.2, 0) is 0 Å². The van der Waals surface area contributed by atoms with Crippen molar-refractivity contribution in [2.45, 2.75) is 6.92 Å². The molecule has 0 bridgehead atoms. The zero-order chi connectivity index (χ0) is 13.0. The molecule has 1 aromatic carbocycles. The molecule has 3 nitrogen and oxygen atoms in total. The van der Waals surface area contributed by atoms with Crippen molar-refractivity contribution < 1.29 is 0 Å². The molecular formula is C14H12BrN3. The van der Waals surface area contributed by atoms with Gasteiger partial charge in [-0.25, -0.2) is 4.98 Å². The third-order valence-corrected chi connectivity index (χ3v) is 2.97. The van der Waals surface area contributed by atoms with Crippen LogP contribution in [0.25, 0.3) is 11.3 Å². The molecule has 0 aliphatic rings. The van der Waals surface area contributed by atoms with E-state index in [-0.39, 0.29) is 0 Å². The number of halogens is 1. The summed E-state index contributed by atoms with van der Waals surface area (Å²) in [4.78, 5) is 4.49. The van der Waals surface area contributed by atoms with E-state index in [2.05, 4.69) is 32.3 Å². The highest BCUT2D eigenvalue weighted by Crippen LogP contribution is 2.24. The van der Waals surface area contributed by atoms with Gasteiger partial charge in [-0.3, -0.25) is 0 Å². The average Bonchev–Trinajstić information content (AvgIpc) is 2.39. The van der Waals surface area contributed by atoms with E-state index < -0.39 is 0 Å². The minimum Gasteiger partial charge on any atom is -0.369 e. The molecule has 4 heteroatoms. The SMILES string of the molecule is CCNc1nc(-c2cccc(Br)c2)ccc1C#N. The van der Waals surface area contributed by atoms with E-state index in [1.165, 1.54) is 0 Å². The molecule has 0 radical (unpaired) electrons. The lowest BCUT2D eigenvalue weighted by molar-refractivity contribution is 1.15. The van der Waals surface area contributed by atoms with Crippen LogP contribution in [0.5, 0.6) is 0 Å². The topological polar surface area (TPSA) is 48.7 Å². The van der Waals surface area contributed by atoms with Crippen molar-refractivity contribution in [3.8, 4) is 17.3 Å². The molecule has 2 rings (SSSR count). The molecule has 1 N–H and O–H groups in total. The number of nitriles is 1. The number of hydrogen-bond donors (Lipinski definition) is 1. The number of anilines is 1. The first-order chi connectivity index (χ1) is 8.74. The highest BCUT2D eigenvalue weighted by atomic mass is 79.9. The van der Waals surface area contributed by atoms with Crippen LogP contribution in [0.15, 0.2) is 40.9 Å². The molecule has 0 aliphatic carbocycles. The maximum atomic E-state index is 9.01. The van der Waals surface area contributed by atoms with Gasteiger partial charge in [0, 0.05) is 16.6 Å². The number of nitrogens with one attached hydrogen (secondary N) is 1. The number of benzene rings is 1. The summed E-state index contributed by atoms with van der Waals surface area (Å²) in [6.07, 6.45) is 0. The quantitative estimate of drug-likeness (QED) is 0.937. The Morgan fingerprint density at radius 2 is 2.17 bits per heavy atom. The zero-order valence-corrected chi connectivity index (χ0v) is 11.5. The number of nitrogens with zero attached hydrogens (tertiary/aromatic N) is 2. The summed E-state index contributed by atoms with van der Waals surface area (Å²) in [5, 5.41) is 12.1. The highest BCUT2D eigenvalue weighted by molar-refractivity contribution is 9.10. The lowest BCUT2D eigenvalue weighted by Gasteiger charge is -2.08. The molecule has 0 saturated heterocycles. The Morgan fingerprint density at radius 3 is 2.83 bits per heavy atom. The predicted octanol–water partition coefficient (Wildman–Crippen LogP) is 3.81. The van der Waals surface area contributed by atoms with Crippen LogP contribution in [-0.4, -0.2) is 11.5 Å². The minimum absolute atomic E-state index is 0.565. The third-order valence-electron chi connectivity index (χ3n) is 2.48. The van der Waals surface area contributed by atoms with E-state index in [9.17, 15) is 0 Å². The third kappa shape index (κ3) is 2.69. The molecule has 0 saturated carbocycles. The second-order valence-electron chi connectivity index (χ2n) is 3.75. The van der Waals surface area contributed by atoms with E-state index in [1.54, 1.807) is 6.07 Å². The smallest absolute Gasteiger partial charge is 0.144 e. The molecule has 0 fully saturated rings. The number of pyridine rings is 1. The highest BCUT2D eigenvalue weighted by Gasteiger charge is 2.06. The lowest BCUT2D eigenvalue weighted by Crippen LogP contribution is -2.02. The van der Waals surface area contributed by atoms with Gasteiger partial charge >= 0.3 is 0 Å². The zero-order valence-electron chi connectivity index (χ0n) is 9.94. The summed E-state index contributed by atoms with van der Waals surface area (Å²) < 4.78 is 1.01. The van der Waals surface area contributed by atoms with Crippen LogP contribution in [0.4, 0.5) is 5.82 Å². The number of hydrogen-bond acceptors (Lipinski definition) is 3. The largest absolute Gasteiger partial charge is 0.369 e. The van der Waals surface area contributed by atoms with Crippen molar-refractivity contribution in [2.24, 2.45) is 0 Å². The molecule has 18 heavy (non-hydrogen) atoms. The van der Waals surface area contributed by atoms with Gasteiger partial charge in [0.25, 0.3) is 0 Å². The Kier molecular flexibility index (Phi) is 3.96. The van der Waals surface area contributed by atoms with Crippen molar-refractivity contribution in [2.75, 3.05) is 11.9 Å². The summed E-state index contributed by atoms with van der Waals surface area (Å²) in [5.41, 5.74) is 2.44. The van der Waals surface area contributed by atoms with E-state index in [1.807, 2.05) is 37.3 Å². The van der Waals surface area contributed by atoms with Gasteiger partial charge < -0.3 is 5.32 Å². The van der Waals surface area contributed by atoms with Crippen LogP contribution in [0.3, 0.4) is 0 Å². The Balaban J connectivity index is 2.47. The molecule has 90 valence electrons. The monoisotopic (exact) mass is 301 g/mol. The molecular weight excluding hydrogens is 290 g/mol. The Labute approximate surface area is 115 Å². The van der Waals surface area contributed by atoms with Gasteiger partial charge in [0.2, 0.25) is 0 Å². The van der Waals surface area contributed by atoms with Crippen LogP contribution >= 0.6 is 15.9 Å². The van der Waals surface area contributed by atoms with E-state index in [0.717, 1.165) is 22.3 Å². The standard InChI is InChI=1S/C14H12BrN3/c1-2-17-14-11(9-16)6-7-13(18-14)10-4-3-5-12(15)8-10/h3-8H,2H2,1H3,(H,17,18). The van der Waals surface area contributed by atoms with Crippen LogP contribution in [0.1, 0.15) is 12.5 Å². The molecule has 2 aromatic rings. The fraction of sp³-hybridized carbons (Fsp3) is 0.143. The minimum atomic E-state index is 0.565. The molecule has 0 spiro atoms. The molecule has 1 heterocycles. The number of rotatable bonds is 3. The van der Waals surface area contributed by atoms with E-state index >= 15 is 0 Å². The summed E-state index contributed by atoms with van der Waals surface area (Å²) in [5.74, 6) is 0.637. The van der Waals surface area contributed by atoms with Crippen molar-refractivity contribution in [3.05, 3.63) is 46.4 Å². The van der Waals surface area contributed by atoms with Crippen molar-refractivity contribution in [3.63, 3.8) is 0 Å². The average molecular weight is 302 g/mol. The van der Waals surface area contributed by atoms with Gasteiger partial charge in [-0.2, -0.15) is 5.26 Å². The second kappa shape index (κ2) is 5.65. The van der Waals surface area contributed by atoms with Gasteiger partial charge in [-0.05, 0) is 31.2 Å². The van der Waals surface area contributed by atoms with Gasteiger partial charge in [0.05, 0.1) is 11.3 Å². The van der Waals surface area contributed by atoms with Crippen LogP contribution < -0.4 is 5.32 Å². The second-order valence-corrected chi connectivity index (χ2v) is 4.66. The first-order valence-corrected chi connectivity index (χ1v) is 6.45. The molecule has 0 amide bonds. The normalized spacial score (nSPS) is 9.83. The van der Waals surface area contributed by atoms with Crippen molar-refractivity contribution >= 4 is 21.7 Å². The first kappa shape index (κ1) is 12.6. The Bertz CT molecular complexity index is 602. The summed E-state index contributed by atoms with van der Waals surface area (Å²) in [6.45, 7) is 2.72. The van der Waals surface area contributed by atoms with Gasteiger partial charge in [0.1, 0.15) is 11.9 Å². The molecule has 0 atom stereocenters. The predicted molar refractivity (Wildman–Crippen MR) is 76.3 cm³/mol. The van der Waals surface area contributed by atoms with Crippen LogP contribution in [0, 0.1) is 11.3 Å². The van der Waals surface area contributed by atoms with Gasteiger partial charge in [-0.1, -0.05) is 28.1 Å². The van der Waals surface area contributed by atoms with Crippen LogP contribution in [0.2, 0.25) is 0 Å². The summed E-state index contributed by atoms with van der Waals surface area (Å²) >= 11 is 3.44. The molecule has 1 aromatic heterocycles. The first-order valence-electron chi connectivity index (χ1n) is 5.65.